The van der Waals surface area contributed by atoms with Gasteiger partial charge < -0.3 is 29.8 Å². The number of ether oxygens (including phenoxy) is 4. The normalized spacial score (nSPS) is 28.2. The van der Waals surface area contributed by atoms with Gasteiger partial charge in [-0.1, -0.05) is 30.3 Å². The van der Waals surface area contributed by atoms with E-state index >= 15 is 0 Å². The van der Waals surface area contributed by atoms with E-state index < -0.39 is 48.6 Å². The van der Waals surface area contributed by atoms with Crippen molar-refractivity contribution in [3.05, 3.63) is 35.9 Å². The summed E-state index contributed by atoms with van der Waals surface area (Å²) in [7, 11) is 0. The second-order valence-electron chi connectivity index (χ2n) is 5.76. The van der Waals surface area contributed by atoms with Crippen LogP contribution < -0.4 is 5.73 Å². The highest BCUT2D eigenvalue weighted by molar-refractivity contribution is 5.80. The van der Waals surface area contributed by atoms with Gasteiger partial charge in [-0.25, -0.2) is 0 Å². The molecule has 1 aromatic carbocycles. The Morgan fingerprint density at radius 2 is 1.69 bits per heavy atom. The van der Waals surface area contributed by atoms with Gasteiger partial charge in [0.15, 0.2) is 12.2 Å². The summed E-state index contributed by atoms with van der Waals surface area (Å²) in [5.74, 6) is -2.40. The molecule has 0 radical (unpaired) electrons. The van der Waals surface area contributed by atoms with Gasteiger partial charge in [-0.2, -0.15) is 0 Å². The maximum absolute atomic E-state index is 11.6. The lowest BCUT2D eigenvalue weighted by Crippen LogP contribution is -2.63. The Labute approximate surface area is 150 Å². The van der Waals surface area contributed by atoms with Gasteiger partial charge in [-0.3, -0.25) is 14.4 Å². The van der Waals surface area contributed by atoms with Crippen molar-refractivity contribution >= 4 is 17.8 Å². The first kappa shape index (κ1) is 19.8. The summed E-state index contributed by atoms with van der Waals surface area (Å²) in [5.41, 5.74) is 6.02. The highest BCUT2D eigenvalue weighted by Crippen LogP contribution is 2.28. The molecule has 0 aliphatic carbocycles. The molecule has 2 rings (SSSR count). The van der Waals surface area contributed by atoms with E-state index in [0.717, 1.165) is 19.4 Å². The molecule has 2 unspecified atom stereocenters. The summed E-state index contributed by atoms with van der Waals surface area (Å²) in [6.07, 6.45) is -6.93. The minimum atomic E-state index is -1.52. The molecule has 1 aliphatic rings. The fourth-order valence-electron chi connectivity index (χ4n) is 2.59. The van der Waals surface area contributed by atoms with Crippen molar-refractivity contribution in [1.82, 2.24) is 0 Å². The van der Waals surface area contributed by atoms with Crippen molar-refractivity contribution in [1.29, 1.82) is 0 Å². The lowest BCUT2D eigenvalue weighted by molar-refractivity contribution is -0.293. The number of hydrogen-bond acceptors (Lipinski definition) is 8. The standard InChI is InChI=1S/C17H21NO8/c1-9(19)24-15-13(23-8-11-6-4-3-5-7-11)12(21)14(16(18)22)26-17(15)25-10(2)20/h3-7,12-15,17,21H,8H2,1-2H3,(H2,18,22)/t12-,13+,14?,15?,17-/m0/s1. The van der Waals surface area contributed by atoms with Crippen molar-refractivity contribution in [2.75, 3.05) is 0 Å². The van der Waals surface area contributed by atoms with Crippen molar-refractivity contribution in [2.24, 2.45) is 5.73 Å². The predicted octanol–water partition coefficient (Wildman–Crippen LogP) is -0.362. The molecule has 5 atom stereocenters. The quantitative estimate of drug-likeness (QED) is 0.651. The highest BCUT2D eigenvalue weighted by Gasteiger charge is 2.51. The van der Waals surface area contributed by atoms with Gasteiger partial charge in [-0.15, -0.1) is 0 Å². The van der Waals surface area contributed by atoms with Crippen molar-refractivity contribution < 1.29 is 38.4 Å². The maximum Gasteiger partial charge on any atom is 0.305 e. The van der Waals surface area contributed by atoms with Crippen LogP contribution in [0.5, 0.6) is 0 Å². The fraction of sp³-hybridized carbons (Fsp3) is 0.471. The van der Waals surface area contributed by atoms with Gasteiger partial charge in [0, 0.05) is 13.8 Å². The largest absolute Gasteiger partial charge is 0.453 e. The zero-order valence-corrected chi connectivity index (χ0v) is 14.4. The molecule has 1 fully saturated rings. The average molecular weight is 367 g/mol. The van der Waals surface area contributed by atoms with Gasteiger partial charge >= 0.3 is 11.9 Å². The number of aliphatic hydroxyl groups is 1. The molecule has 0 aromatic heterocycles. The summed E-state index contributed by atoms with van der Waals surface area (Å²) in [6, 6.07) is 9.02. The molecule has 3 N–H and O–H groups in total. The number of hydrogen-bond donors (Lipinski definition) is 2. The molecule has 1 aromatic rings. The number of aliphatic hydroxyl groups excluding tert-OH is 1. The Morgan fingerprint density at radius 3 is 2.23 bits per heavy atom. The van der Waals surface area contributed by atoms with Crippen LogP contribution in [-0.2, 0) is 39.9 Å². The first-order chi connectivity index (χ1) is 12.3. The number of benzene rings is 1. The molecule has 9 nitrogen and oxygen atoms in total. The van der Waals surface area contributed by atoms with E-state index in [-0.39, 0.29) is 6.61 Å². The number of carbonyl (C=O) groups is 3. The first-order valence-electron chi connectivity index (χ1n) is 7.92. The third-order valence-electron chi connectivity index (χ3n) is 3.67. The third-order valence-corrected chi connectivity index (χ3v) is 3.67. The summed E-state index contributed by atoms with van der Waals surface area (Å²) in [4.78, 5) is 34.3. The van der Waals surface area contributed by atoms with Crippen molar-refractivity contribution in [3.8, 4) is 0 Å². The summed E-state index contributed by atoms with van der Waals surface area (Å²) < 4.78 is 21.0. The van der Waals surface area contributed by atoms with Crippen LogP contribution in [0.25, 0.3) is 0 Å². The van der Waals surface area contributed by atoms with E-state index in [1.807, 2.05) is 6.07 Å². The Kier molecular flexibility index (Phi) is 6.67. The van der Waals surface area contributed by atoms with E-state index in [1.165, 1.54) is 0 Å². The van der Waals surface area contributed by atoms with Gasteiger partial charge in [0.2, 0.25) is 12.2 Å². The van der Waals surface area contributed by atoms with Gasteiger partial charge in [0.1, 0.15) is 12.2 Å². The third kappa shape index (κ3) is 5.01. The van der Waals surface area contributed by atoms with Crippen molar-refractivity contribution in [2.45, 2.75) is 51.2 Å². The van der Waals surface area contributed by atoms with Crippen molar-refractivity contribution in [3.63, 3.8) is 0 Å². The number of nitrogens with two attached hydrogens (primary N) is 1. The summed E-state index contributed by atoms with van der Waals surface area (Å²) in [6.45, 7) is 2.32. The molecule has 1 amide bonds. The Hall–Kier alpha value is -2.49. The SMILES string of the molecule is CC(=O)OC1[C@@H](OC(C)=O)OC(C(N)=O)[C@@H](O)[C@H]1OCc1ccccc1. The molecular formula is C17H21NO8. The molecule has 0 saturated carbocycles. The van der Waals surface area contributed by atoms with Crippen LogP contribution in [0, 0.1) is 0 Å². The lowest BCUT2D eigenvalue weighted by atomic mass is 9.97. The molecule has 0 bridgehead atoms. The Morgan fingerprint density at radius 1 is 1.08 bits per heavy atom. The smallest absolute Gasteiger partial charge is 0.305 e. The number of esters is 2. The van der Waals surface area contributed by atoms with Gasteiger partial charge in [0.25, 0.3) is 0 Å². The van der Waals surface area contributed by atoms with Crippen LogP contribution in [0.4, 0.5) is 0 Å². The van der Waals surface area contributed by atoms with Crippen LogP contribution >= 0.6 is 0 Å². The molecule has 1 aliphatic heterocycles. The maximum atomic E-state index is 11.6. The number of primary amides is 1. The van der Waals surface area contributed by atoms with Crippen LogP contribution in [0.3, 0.4) is 0 Å². The second-order valence-corrected chi connectivity index (χ2v) is 5.76. The molecule has 1 heterocycles. The van der Waals surface area contributed by atoms with E-state index in [2.05, 4.69) is 0 Å². The van der Waals surface area contributed by atoms with E-state index in [9.17, 15) is 19.5 Å². The summed E-state index contributed by atoms with van der Waals surface area (Å²) in [5, 5.41) is 10.4. The minimum absolute atomic E-state index is 0.0542. The number of rotatable bonds is 6. The molecule has 142 valence electrons. The zero-order valence-electron chi connectivity index (χ0n) is 14.4. The topological polar surface area (TPSA) is 134 Å². The Bertz CT molecular complexity index is 649. The van der Waals surface area contributed by atoms with E-state index in [0.29, 0.717) is 0 Å². The second kappa shape index (κ2) is 8.75. The first-order valence-corrected chi connectivity index (χ1v) is 7.92. The molecule has 9 heteroatoms. The number of amides is 1. The Balaban J connectivity index is 2.26. The molecule has 26 heavy (non-hydrogen) atoms. The van der Waals surface area contributed by atoms with Crippen LogP contribution in [0.15, 0.2) is 30.3 Å². The monoisotopic (exact) mass is 367 g/mol. The fourth-order valence-corrected chi connectivity index (χ4v) is 2.59. The highest BCUT2D eigenvalue weighted by atomic mass is 16.7. The number of carbonyl (C=O) groups excluding carboxylic acids is 3. The molecular weight excluding hydrogens is 346 g/mol. The lowest BCUT2D eigenvalue weighted by Gasteiger charge is -2.42. The predicted molar refractivity (Wildman–Crippen MR) is 86.2 cm³/mol. The van der Waals surface area contributed by atoms with E-state index in [1.54, 1.807) is 24.3 Å². The average Bonchev–Trinajstić information content (AvgIpc) is 2.56. The van der Waals surface area contributed by atoms with Crippen LogP contribution in [0.1, 0.15) is 19.4 Å². The van der Waals surface area contributed by atoms with Crippen LogP contribution in [-0.4, -0.2) is 53.7 Å². The van der Waals surface area contributed by atoms with Gasteiger partial charge in [-0.05, 0) is 5.56 Å². The zero-order chi connectivity index (χ0) is 19.3. The van der Waals surface area contributed by atoms with Gasteiger partial charge in [0.05, 0.1) is 6.61 Å². The van der Waals surface area contributed by atoms with E-state index in [4.69, 9.17) is 24.7 Å². The molecule has 0 spiro atoms. The van der Waals surface area contributed by atoms with Crippen LogP contribution in [0.2, 0.25) is 0 Å². The minimum Gasteiger partial charge on any atom is -0.453 e. The molecule has 1 saturated heterocycles. The summed E-state index contributed by atoms with van der Waals surface area (Å²) >= 11 is 0.